The van der Waals surface area contributed by atoms with E-state index in [4.69, 9.17) is 11.0 Å². The van der Waals surface area contributed by atoms with E-state index >= 15 is 0 Å². The molecular weight excluding hydrogens is 379 g/mol. The standard InChI is InChI=1S/C15H18F3N3O2S.ClH/c16-15(17,18)13-7-12(6-5-11(13)8-19)24(22,23)21-14(9-20)10-3-1-2-4-10;/h5-7,10,14,21H,1-4,9,20H2;1H. The fourth-order valence-electron chi connectivity index (χ4n) is 2.99. The second-order valence-corrected chi connectivity index (χ2v) is 7.54. The molecule has 0 bridgehead atoms. The van der Waals surface area contributed by atoms with Crippen LogP contribution in [0.15, 0.2) is 23.1 Å². The first kappa shape index (κ1) is 21.7. The molecule has 0 heterocycles. The Kier molecular flexibility index (Phi) is 7.26. The van der Waals surface area contributed by atoms with Crippen molar-refractivity contribution in [2.75, 3.05) is 6.54 Å². The van der Waals surface area contributed by atoms with Crippen molar-refractivity contribution in [2.45, 2.75) is 42.8 Å². The lowest BCUT2D eigenvalue weighted by molar-refractivity contribution is -0.137. The van der Waals surface area contributed by atoms with Crippen LogP contribution in [0.1, 0.15) is 36.8 Å². The van der Waals surface area contributed by atoms with Crippen molar-refractivity contribution in [3.8, 4) is 6.07 Å². The molecule has 2 rings (SSSR count). The van der Waals surface area contributed by atoms with Crippen LogP contribution in [0.4, 0.5) is 13.2 Å². The van der Waals surface area contributed by atoms with Crippen molar-refractivity contribution in [3.63, 3.8) is 0 Å². The highest BCUT2D eigenvalue weighted by Gasteiger charge is 2.35. The number of sulfonamides is 1. The molecule has 1 fully saturated rings. The summed E-state index contributed by atoms with van der Waals surface area (Å²) in [6.07, 6.45) is -1.16. The summed E-state index contributed by atoms with van der Waals surface area (Å²) in [5.41, 5.74) is 3.75. The molecule has 1 aliphatic carbocycles. The summed E-state index contributed by atoms with van der Waals surface area (Å²) in [5, 5.41) is 8.77. The molecule has 140 valence electrons. The average Bonchev–Trinajstić information content (AvgIpc) is 3.05. The van der Waals surface area contributed by atoms with E-state index in [0.29, 0.717) is 6.07 Å². The molecule has 0 radical (unpaired) electrons. The topological polar surface area (TPSA) is 96.0 Å². The number of nitriles is 1. The Morgan fingerprint density at radius 1 is 1.32 bits per heavy atom. The minimum Gasteiger partial charge on any atom is -0.329 e. The quantitative estimate of drug-likeness (QED) is 0.798. The van der Waals surface area contributed by atoms with Gasteiger partial charge in [-0.1, -0.05) is 12.8 Å². The van der Waals surface area contributed by atoms with E-state index in [1.165, 1.54) is 6.07 Å². The fourth-order valence-corrected chi connectivity index (χ4v) is 4.33. The zero-order valence-electron chi connectivity index (χ0n) is 13.2. The monoisotopic (exact) mass is 397 g/mol. The highest BCUT2D eigenvalue weighted by Crippen LogP contribution is 2.34. The second kappa shape index (κ2) is 8.36. The molecule has 10 heteroatoms. The Labute approximate surface area is 150 Å². The molecule has 1 aliphatic rings. The Hall–Kier alpha value is -1.34. The number of nitrogens with one attached hydrogen (secondary N) is 1. The van der Waals surface area contributed by atoms with Gasteiger partial charge in [0.15, 0.2) is 0 Å². The number of benzene rings is 1. The molecule has 0 amide bonds. The van der Waals surface area contributed by atoms with Crippen molar-refractivity contribution < 1.29 is 21.6 Å². The summed E-state index contributed by atoms with van der Waals surface area (Å²) >= 11 is 0. The van der Waals surface area contributed by atoms with Crippen LogP contribution in [0, 0.1) is 17.2 Å². The van der Waals surface area contributed by atoms with Crippen molar-refractivity contribution in [1.82, 2.24) is 4.72 Å². The normalized spacial score (nSPS) is 16.9. The molecule has 1 saturated carbocycles. The second-order valence-electron chi connectivity index (χ2n) is 5.82. The summed E-state index contributed by atoms with van der Waals surface area (Å²) in [5.74, 6) is 0.0882. The van der Waals surface area contributed by atoms with Gasteiger partial charge < -0.3 is 5.73 Å². The van der Waals surface area contributed by atoms with Crippen molar-refractivity contribution in [3.05, 3.63) is 29.3 Å². The Bertz CT molecular complexity index is 741. The van der Waals surface area contributed by atoms with Gasteiger partial charge in [-0.2, -0.15) is 18.4 Å². The molecule has 0 spiro atoms. The van der Waals surface area contributed by atoms with Crippen LogP contribution in [0.25, 0.3) is 0 Å². The van der Waals surface area contributed by atoms with E-state index in [1.807, 2.05) is 0 Å². The summed E-state index contributed by atoms with van der Waals surface area (Å²) in [7, 11) is -4.16. The van der Waals surface area contributed by atoms with E-state index in [-0.39, 0.29) is 24.9 Å². The number of nitrogens with two attached hydrogens (primary N) is 1. The molecule has 3 N–H and O–H groups in total. The lowest BCUT2D eigenvalue weighted by atomic mass is 9.99. The number of alkyl halides is 3. The van der Waals surface area contributed by atoms with Gasteiger partial charge in [0.1, 0.15) is 0 Å². The molecule has 1 atom stereocenters. The van der Waals surface area contributed by atoms with Gasteiger partial charge in [0.25, 0.3) is 0 Å². The molecule has 1 aromatic rings. The van der Waals surface area contributed by atoms with Crippen molar-refractivity contribution in [1.29, 1.82) is 5.26 Å². The molecule has 1 unspecified atom stereocenters. The SMILES string of the molecule is Cl.N#Cc1ccc(S(=O)(=O)NC(CN)C2CCCC2)cc1C(F)(F)F. The van der Waals surface area contributed by atoms with Gasteiger partial charge in [-0.3, -0.25) is 0 Å². The Morgan fingerprint density at radius 3 is 2.40 bits per heavy atom. The van der Waals surface area contributed by atoms with Crippen LogP contribution >= 0.6 is 12.4 Å². The molecule has 5 nitrogen and oxygen atoms in total. The van der Waals surface area contributed by atoms with E-state index in [0.717, 1.165) is 37.8 Å². The van der Waals surface area contributed by atoms with Gasteiger partial charge in [0.05, 0.1) is 22.1 Å². The van der Waals surface area contributed by atoms with E-state index in [2.05, 4.69) is 4.72 Å². The number of nitrogens with zero attached hydrogens (tertiary/aromatic N) is 1. The smallest absolute Gasteiger partial charge is 0.329 e. The Morgan fingerprint density at radius 2 is 1.92 bits per heavy atom. The molecule has 1 aromatic carbocycles. The van der Waals surface area contributed by atoms with Crippen LogP contribution in [-0.4, -0.2) is 21.0 Å². The molecular formula is C15H19ClF3N3O2S. The average molecular weight is 398 g/mol. The molecule has 0 aromatic heterocycles. The lowest BCUT2D eigenvalue weighted by Crippen LogP contribution is -2.44. The third-order valence-electron chi connectivity index (χ3n) is 4.26. The van der Waals surface area contributed by atoms with Gasteiger partial charge >= 0.3 is 6.18 Å². The zero-order valence-corrected chi connectivity index (χ0v) is 14.8. The zero-order chi connectivity index (χ0) is 18.0. The largest absolute Gasteiger partial charge is 0.417 e. The van der Waals surface area contributed by atoms with Crippen LogP contribution in [0.5, 0.6) is 0 Å². The van der Waals surface area contributed by atoms with Crippen LogP contribution < -0.4 is 10.5 Å². The Balaban J connectivity index is 0.00000312. The van der Waals surface area contributed by atoms with Gasteiger partial charge in [-0.15, -0.1) is 12.4 Å². The molecule has 0 saturated heterocycles. The van der Waals surface area contributed by atoms with Crippen LogP contribution in [-0.2, 0) is 16.2 Å². The third kappa shape index (κ3) is 5.07. The van der Waals surface area contributed by atoms with E-state index in [1.54, 1.807) is 0 Å². The summed E-state index contributed by atoms with van der Waals surface area (Å²) in [6.45, 7) is 0.0757. The number of rotatable bonds is 5. The minimum absolute atomic E-state index is 0. The summed E-state index contributed by atoms with van der Waals surface area (Å²) in [6, 6.07) is 3.26. The maximum atomic E-state index is 13.0. The van der Waals surface area contributed by atoms with Gasteiger partial charge in [-0.25, -0.2) is 13.1 Å². The maximum Gasteiger partial charge on any atom is 0.417 e. The fraction of sp³-hybridized carbons (Fsp3) is 0.533. The van der Waals surface area contributed by atoms with E-state index in [9.17, 15) is 21.6 Å². The molecule has 0 aliphatic heterocycles. The predicted molar refractivity (Wildman–Crippen MR) is 88.5 cm³/mol. The van der Waals surface area contributed by atoms with Crippen molar-refractivity contribution >= 4 is 22.4 Å². The number of hydrogen-bond donors (Lipinski definition) is 2. The molecule has 25 heavy (non-hydrogen) atoms. The highest BCUT2D eigenvalue weighted by atomic mass is 35.5. The lowest BCUT2D eigenvalue weighted by Gasteiger charge is -2.23. The first-order valence-electron chi connectivity index (χ1n) is 7.53. The third-order valence-corrected chi connectivity index (χ3v) is 5.74. The van der Waals surface area contributed by atoms with Crippen molar-refractivity contribution in [2.24, 2.45) is 11.7 Å². The first-order chi connectivity index (χ1) is 11.2. The summed E-state index contributed by atoms with van der Waals surface area (Å²) in [4.78, 5) is -0.523. The number of halogens is 4. The first-order valence-corrected chi connectivity index (χ1v) is 9.01. The van der Waals surface area contributed by atoms with Crippen LogP contribution in [0.2, 0.25) is 0 Å². The number of hydrogen-bond acceptors (Lipinski definition) is 4. The summed E-state index contributed by atoms with van der Waals surface area (Å²) < 4.78 is 66.2. The highest BCUT2D eigenvalue weighted by molar-refractivity contribution is 7.89. The van der Waals surface area contributed by atoms with E-state index < -0.39 is 38.3 Å². The van der Waals surface area contributed by atoms with Crippen LogP contribution in [0.3, 0.4) is 0 Å². The minimum atomic E-state index is -4.81. The van der Waals surface area contributed by atoms with Gasteiger partial charge in [0, 0.05) is 12.6 Å². The predicted octanol–water partition coefficient (Wildman–Crippen LogP) is 2.79. The maximum absolute atomic E-state index is 13.0. The van der Waals surface area contributed by atoms with Gasteiger partial charge in [-0.05, 0) is 37.0 Å². The van der Waals surface area contributed by atoms with Gasteiger partial charge in [0.2, 0.25) is 10.0 Å².